The maximum Gasteiger partial charge on any atom is 0.255 e. The van der Waals surface area contributed by atoms with Gasteiger partial charge >= 0.3 is 0 Å². The van der Waals surface area contributed by atoms with Gasteiger partial charge in [0.2, 0.25) is 0 Å². The number of hydrogen-bond donors (Lipinski definition) is 2. The fraction of sp³-hybridized carbons (Fsp3) is 0.462. The number of nitrogens with zero attached hydrogens (tertiary/aromatic N) is 1. The van der Waals surface area contributed by atoms with Crippen LogP contribution in [-0.4, -0.2) is 42.1 Å². The predicted octanol–water partition coefficient (Wildman–Crippen LogP) is 1.89. The predicted molar refractivity (Wildman–Crippen MR) is 75.5 cm³/mol. The molecule has 5 heteroatoms. The average Bonchev–Trinajstić information content (AvgIpc) is 2.35. The van der Waals surface area contributed by atoms with E-state index in [1.165, 1.54) is 6.07 Å². The first-order valence-corrected chi connectivity index (χ1v) is 5.97. The lowest BCUT2D eigenvalue weighted by Gasteiger charge is -2.18. The second kappa shape index (κ2) is 8.78. The molecule has 0 fully saturated rings. The molecule has 18 heavy (non-hydrogen) atoms. The fourth-order valence-electron chi connectivity index (χ4n) is 1.63. The summed E-state index contributed by atoms with van der Waals surface area (Å²) in [4.78, 5) is 14.0. The average molecular weight is 273 g/mol. The number of likely N-dealkylation sites (N-methyl/N-ethyl adjacent to an activating group) is 1. The number of amides is 1. The molecule has 1 amide bonds. The third kappa shape index (κ3) is 4.94. The van der Waals surface area contributed by atoms with Crippen LogP contribution in [0.1, 0.15) is 24.2 Å². The van der Waals surface area contributed by atoms with Gasteiger partial charge < -0.3 is 15.3 Å². The van der Waals surface area contributed by atoms with Gasteiger partial charge in [-0.2, -0.15) is 0 Å². The Bertz CT molecular complexity index is 368. The Balaban J connectivity index is 0.00000289. The van der Waals surface area contributed by atoms with Crippen molar-refractivity contribution in [2.45, 2.75) is 13.8 Å². The summed E-state index contributed by atoms with van der Waals surface area (Å²) in [5.74, 6) is -0.205. The molecule has 0 radical (unpaired) electrons. The number of halogens is 1. The minimum absolute atomic E-state index is 0. The lowest BCUT2D eigenvalue weighted by molar-refractivity contribution is 0.0946. The van der Waals surface area contributed by atoms with Crippen LogP contribution < -0.4 is 5.32 Å². The number of aromatic hydroxyl groups is 1. The van der Waals surface area contributed by atoms with E-state index in [1.54, 1.807) is 18.2 Å². The Morgan fingerprint density at radius 3 is 2.44 bits per heavy atom. The highest BCUT2D eigenvalue weighted by molar-refractivity contribution is 5.96. The summed E-state index contributed by atoms with van der Waals surface area (Å²) in [7, 11) is 0. The van der Waals surface area contributed by atoms with Crippen molar-refractivity contribution >= 4 is 18.3 Å². The highest BCUT2D eigenvalue weighted by atomic mass is 35.5. The Labute approximate surface area is 114 Å². The minimum atomic E-state index is -0.227. The van der Waals surface area contributed by atoms with E-state index in [4.69, 9.17) is 0 Å². The third-order valence-electron chi connectivity index (χ3n) is 2.76. The smallest absolute Gasteiger partial charge is 0.255 e. The molecule has 0 spiro atoms. The molecule has 0 aliphatic carbocycles. The largest absolute Gasteiger partial charge is 0.507 e. The standard InChI is InChI=1S/C13H20N2O2.ClH/c1-3-15(4-2)10-9-14-13(17)11-7-5-6-8-12(11)16;/h5-8,16H,3-4,9-10H2,1-2H3,(H,14,17);1H. The van der Waals surface area contributed by atoms with Gasteiger partial charge in [-0.25, -0.2) is 0 Å². The molecule has 0 heterocycles. The molecule has 2 N–H and O–H groups in total. The molecule has 0 bridgehead atoms. The van der Waals surface area contributed by atoms with E-state index in [2.05, 4.69) is 24.1 Å². The van der Waals surface area contributed by atoms with E-state index in [9.17, 15) is 9.90 Å². The number of hydrogen-bond acceptors (Lipinski definition) is 3. The molecule has 102 valence electrons. The second-order valence-electron chi connectivity index (χ2n) is 3.80. The fourth-order valence-corrected chi connectivity index (χ4v) is 1.63. The number of rotatable bonds is 6. The zero-order chi connectivity index (χ0) is 12.7. The molecule has 0 saturated carbocycles. The molecule has 0 saturated heterocycles. The zero-order valence-electron chi connectivity index (χ0n) is 10.8. The SMILES string of the molecule is CCN(CC)CCNC(=O)c1ccccc1O.Cl. The van der Waals surface area contributed by atoms with Gasteiger partial charge in [0.05, 0.1) is 5.56 Å². The maximum atomic E-state index is 11.7. The Morgan fingerprint density at radius 1 is 1.28 bits per heavy atom. The van der Waals surface area contributed by atoms with Crippen LogP contribution in [0.5, 0.6) is 5.75 Å². The number of phenolic OH excluding ortho intramolecular Hbond substituents is 1. The number of phenols is 1. The van der Waals surface area contributed by atoms with Gasteiger partial charge in [-0.3, -0.25) is 4.79 Å². The first-order chi connectivity index (χ1) is 8.19. The van der Waals surface area contributed by atoms with Crippen LogP contribution >= 0.6 is 12.4 Å². The lowest BCUT2D eigenvalue weighted by atomic mass is 10.2. The van der Waals surface area contributed by atoms with Crippen LogP contribution in [0.15, 0.2) is 24.3 Å². The van der Waals surface area contributed by atoms with Crippen LogP contribution in [0, 0.1) is 0 Å². The first-order valence-electron chi connectivity index (χ1n) is 5.97. The number of benzene rings is 1. The molecule has 1 rings (SSSR count). The number of carbonyl (C=O) groups excluding carboxylic acids is 1. The van der Waals surface area contributed by atoms with Crippen LogP contribution in [0.25, 0.3) is 0 Å². The van der Waals surface area contributed by atoms with Gasteiger partial charge in [0.15, 0.2) is 0 Å². The van der Waals surface area contributed by atoms with Gasteiger partial charge in [-0.1, -0.05) is 26.0 Å². The van der Waals surface area contributed by atoms with Crippen molar-refractivity contribution in [3.63, 3.8) is 0 Å². The molecular weight excluding hydrogens is 252 g/mol. The summed E-state index contributed by atoms with van der Waals surface area (Å²) >= 11 is 0. The Morgan fingerprint density at radius 2 is 1.89 bits per heavy atom. The van der Waals surface area contributed by atoms with E-state index < -0.39 is 0 Å². The molecule has 1 aromatic carbocycles. The summed E-state index contributed by atoms with van der Waals surface area (Å²) in [5.41, 5.74) is 0.326. The van der Waals surface area contributed by atoms with Crippen molar-refractivity contribution in [2.24, 2.45) is 0 Å². The van der Waals surface area contributed by atoms with E-state index in [-0.39, 0.29) is 24.1 Å². The first kappa shape index (κ1) is 16.7. The quantitative estimate of drug-likeness (QED) is 0.831. The van der Waals surface area contributed by atoms with Crippen molar-refractivity contribution in [2.75, 3.05) is 26.2 Å². The number of para-hydroxylation sites is 1. The summed E-state index contributed by atoms with van der Waals surface area (Å²) in [6.07, 6.45) is 0. The van der Waals surface area contributed by atoms with Gasteiger partial charge in [0.25, 0.3) is 5.91 Å². The summed E-state index contributed by atoms with van der Waals surface area (Å²) in [5, 5.41) is 12.3. The molecule has 0 aliphatic heterocycles. The molecular formula is C13H21ClN2O2. The highest BCUT2D eigenvalue weighted by Crippen LogP contribution is 2.14. The van der Waals surface area contributed by atoms with Gasteiger partial charge in [0.1, 0.15) is 5.75 Å². The van der Waals surface area contributed by atoms with Crippen molar-refractivity contribution in [1.29, 1.82) is 0 Å². The van der Waals surface area contributed by atoms with E-state index >= 15 is 0 Å². The molecule has 0 aromatic heterocycles. The van der Waals surface area contributed by atoms with E-state index in [1.807, 2.05) is 0 Å². The molecule has 4 nitrogen and oxygen atoms in total. The molecule has 1 aromatic rings. The summed E-state index contributed by atoms with van der Waals surface area (Å²) in [6.45, 7) is 7.55. The topological polar surface area (TPSA) is 52.6 Å². The number of nitrogens with one attached hydrogen (secondary N) is 1. The minimum Gasteiger partial charge on any atom is -0.507 e. The van der Waals surface area contributed by atoms with Crippen molar-refractivity contribution in [1.82, 2.24) is 10.2 Å². The third-order valence-corrected chi connectivity index (χ3v) is 2.76. The van der Waals surface area contributed by atoms with Gasteiger partial charge in [0, 0.05) is 13.1 Å². The highest BCUT2D eigenvalue weighted by Gasteiger charge is 2.09. The maximum absolute atomic E-state index is 11.7. The second-order valence-corrected chi connectivity index (χ2v) is 3.80. The lowest BCUT2D eigenvalue weighted by Crippen LogP contribution is -2.34. The van der Waals surface area contributed by atoms with Gasteiger partial charge in [-0.05, 0) is 25.2 Å². The van der Waals surface area contributed by atoms with E-state index in [0.717, 1.165) is 19.6 Å². The van der Waals surface area contributed by atoms with Gasteiger partial charge in [-0.15, -0.1) is 12.4 Å². The molecule has 0 atom stereocenters. The van der Waals surface area contributed by atoms with Crippen molar-refractivity contribution in [3.8, 4) is 5.75 Å². The molecule has 0 aliphatic rings. The van der Waals surface area contributed by atoms with Crippen molar-refractivity contribution in [3.05, 3.63) is 29.8 Å². The molecule has 0 unspecified atom stereocenters. The number of carbonyl (C=O) groups is 1. The summed E-state index contributed by atoms with van der Waals surface area (Å²) in [6, 6.07) is 6.56. The van der Waals surface area contributed by atoms with Crippen LogP contribution in [-0.2, 0) is 0 Å². The van der Waals surface area contributed by atoms with Crippen LogP contribution in [0.4, 0.5) is 0 Å². The Hall–Kier alpha value is -1.26. The normalized spacial score (nSPS) is 9.94. The zero-order valence-corrected chi connectivity index (χ0v) is 11.7. The Kier molecular flexibility index (Phi) is 8.16. The monoisotopic (exact) mass is 272 g/mol. The van der Waals surface area contributed by atoms with Crippen LogP contribution in [0.2, 0.25) is 0 Å². The van der Waals surface area contributed by atoms with Crippen LogP contribution in [0.3, 0.4) is 0 Å². The van der Waals surface area contributed by atoms with Crippen molar-refractivity contribution < 1.29 is 9.90 Å². The van der Waals surface area contributed by atoms with E-state index in [0.29, 0.717) is 12.1 Å². The summed E-state index contributed by atoms with van der Waals surface area (Å²) < 4.78 is 0.